The van der Waals surface area contributed by atoms with Gasteiger partial charge in [0.1, 0.15) is 6.04 Å². The Morgan fingerprint density at radius 2 is 2.19 bits per heavy atom. The van der Waals surface area contributed by atoms with E-state index in [4.69, 9.17) is 5.21 Å². The number of nitrogens with zero attached hydrogens (tertiary/aromatic N) is 1. The first-order valence-electron chi connectivity index (χ1n) is 4.28. The van der Waals surface area contributed by atoms with Crippen molar-refractivity contribution in [2.24, 2.45) is 0 Å². The van der Waals surface area contributed by atoms with E-state index in [2.05, 4.69) is 12.5 Å². The fourth-order valence-electron chi connectivity index (χ4n) is 1.26. The molecule has 6 nitrogen and oxygen atoms in total. The summed E-state index contributed by atoms with van der Waals surface area (Å²) in [4.78, 5) is 22.1. The molecule has 2 radical (unpaired) electrons. The molecular formula is C7H12BN2O4SY-2. The summed E-state index contributed by atoms with van der Waals surface area (Å²) in [6.45, 7) is 3.68. The van der Waals surface area contributed by atoms with E-state index in [1.807, 2.05) is 6.82 Å². The van der Waals surface area contributed by atoms with Gasteiger partial charge >= 0.3 is 0 Å². The number of rotatable bonds is 2. The smallest absolute Gasteiger partial charge is 0.266 e. The second-order valence-corrected chi connectivity index (χ2v) is 3.27. The number of hydrogen-bond acceptors (Lipinski definition) is 5. The van der Waals surface area contributed by atoms with Gasteiger partial charge in [0.25, 0.3) is 5.91 Å². The molecule has 1 rings (SSSR count). The van der Waals surface area contributed by atoms with E-state index >= 15 is 0 Å². The molecule has 2 atom stereocenters. The van der Waals surface area contributed by atoms with Crippen molar-refractivity contribution < 1.29 is 52.6 Å². The van der Waals surface area contributed by atoms with Crippen LogP contribution in [0.25, 0.3) is 0 Å². The van der Waals surface area contributed by atoms with Gasteiger partial charge < -0.3 is 27.3 Å². The molecule has 1 aliphatic rings. The molecule has 0 aliphatic carbocycles. The second-order valence-electron chi connectivity index (χ2n) is 2.80. The molecule has 1 aliphatic heterocycles. The van der Waals surface area contributed by atoms with Crippen LogP contribution in [0.5, 0.6) is 0 Å². The maximum atomic E-state index is 10.9. The summed E-state index contributed by atoms with van der Waals surface area (Å²) < 4.78 is 0. The predicted molar refractivity (Wildman–Crippen MR) is 55.7 cm³/mol. The van der Waals surface area contributed by atoms with Crippen molar-refractivity contribution >= 4 is 31.4 Å². The van der Waals surface area contributed by atoms with E-state index in [-0.39, 0.29) is 39.3 Å². The number of likely N-dealkylation sites (tertiary alicyclic amines) is 1. The quantitative estimate of drug-likeness (QED) is 0.184. The maximum Gasteiger partial charge on any atom is 0.266 e. The van der Waals surface area contributed by atoms with Crippen LogP contribution >= 0.6 is 0 Å². The van der Waals surface area contributed by atoms with Gasteiger partial charge in [0.05, 0.1) is 6.10 Å². The van der Waals surface area contributed by atoms with Crippen molar-refractivity contribution in [3.8, 4) is 0 Å². The van der Waals surface area contributed by atoms with E-state index < -0.39 is 18.1 Å². The number of hydrogen-bond donors (Lipinski definition) is 3. The zero-order chi connectivity index (χ0) is 11.8. The zero-order valence-corrected chi connectivity index (χ0v) is 12.4. The fraction of sp³-hybridized carbons (Fsp3) is 0.714. The van der Waals surface area contributed by atoms with Crippen LogP contribution in [-0.2, 0) is 54.8 Å². The molecular weight excluding hydrogens is 308 g/mol. The minimum absolute atomic E-state index is 0. The van der Waals surface area contributed by atoms with Gasteiger partial charge in [-0.05, 0) is 13.0 Å². The molecule has 88 valence electrons. The minimum atomic E-state index is -1.01. The normalized spacial score (nSPS) is 22.4. The topological polar surface area (TPSA) is 89.9 Å². The molecule has 0 saturated carbocycles. The van der Waals surface area contributed by atoms with Crippen LogP contribution < -0.4 is 5.48 Å². The van der Waals surface area contributed by atoms with Gasteiger partial charge in [0.15, 0.2) is 0 Å². The number of carbonyl (C=O) groups is 1. The third kappa shape index (κ3) is 5.63. The van der Waals surface area contributed by atoms with E-state index in [9.17, 15) is 14.7 Å². The molecule has 2 unspecified atom stereocenters. The molecule has 1 fully saturated rings. The van der Waals surface area contributed by atoms with Gasteiger partial charge in [-0.1, -0.05) is 6.56 Å². The maximum absolute atomic E-state index is 10.9. The first kappa shape index (κ1) is 18.7. The van der Waals surface area contributed by atoms with Crippen molar-refractivity contribution in [3.05, 3.63) is 0 Å². The number of carbonyl (C=O) groups excluding carboxylic acids is 2. The third-order valence-electron chi connectivity index (χ3n) is 1.86. The minimum Gasteiger partial charge on any atom is -0.834 e. The Morgan fingerprint density at radius 1 is 1.69 bits per heavy atom. The van der Waals surface area contributed by atoms with E-state index in [0.29, 0.717) is 6.42 Å². The molecule has 16 heavy (non-hydrogen) atoms. The Bertz CT molecular complexity index is 225. The molecule has 0 aromatic heterocycles. The molecule has 2 amide bonds. The number of nitrogens with one attached hydrogen (secondary N) is 1. The Balaban J connectivity index is 0. The molecule has 0 spiro atoms. The van der Waals surface area contributed by atoms with Gasteiger partial charge in [0, 0.05) is 32.7 Å². The summed E-state index contributed by atoms with van der Waals surface area (Å²) in [6.07, 6.45) is 0.920. The summed E-state index contributed by atoms with van der Waals surface area (Å²) in [6, 6.07) is -1.01. The zero-order valence-electron chi connectivity index (χ0n) is 8.79. The molecule has 0 bridgehead atoms. The van der Waals surface area contributed by atoms with Crippen LogP contribution in [0, 0.1) is 0 Å². The van der Waals surface area contributed by atoms with Crippen LogP contribution in [0.1, 0.15) is 6.42 Å². The second kappa shape index (κ2) is 10.5. The van der Waals surface area contributed by atoms with Gasteiger partial charge in [-0.25, -0.2) is 5.48 Å². The summed E-state index contributed by atoms with van der Waals surface area (Å²) in [5.74, 6) is -0.789. The fourth-order valence-corrected chi connectivity index (χ4v) is 1.26. The first-order chi connectivity index (χ1) is 7.12. The van der Waals surface area contributed by atoms with E-state index in [1.54, 1.807) is 6.56 Å². The molecule has 0 aromatic carbocycles. The molecule has 0 aromatic rings. The van der Waals surface area contributed by atoms with Gasteiger partial charge in [-0.2, -0.15) is 6.41 Å². The standard InChI is InChI=1S/C6H9N2O4.CH3BS.Y/c9-3-8-2-1-4(10)5(8)6(11)7-12;1-2-3;/h4-5,10,12H,1-2H2,(H,7,11);1H3;/q2*-1;. The Morgan fingerprint density at radius 3 is 2.56 bits per heavy atom. The summed E-state index contributed by atoms with van der Waals surface area (Å²) in [5, 5.41) is 17.5. The largest absolute Gasteiger partial charge is 0.834 e. The Labute approximate surface area is 126 Å². The molecule has 9 heteroatoms. The van der Waals surface area contributed by atoms with E-state index in [0.717, 1.165) is 4.90 Å². The van der Waals surface area contributed by atoms with Crippen LogP contribution in [0.2, 0.25) is 6.82 Å². The van der Waals surface area contributed by atoms with Crippen LogP contribution in [0.4, 0.5) is 0 Å². The summed E-state index contributed by atoms with van der Waals surface area (Å²) in [5.41, 5.74) is 1.38. The summed E-state index contributed by atoms with van der Waals surface area (Å²) in [7, 11) is 0. The van der Waals surface area contributed by atoms with E-state index in [1.165, 1.54) is 11.9 Å². The van der Waals surface area contributed by atoms with Gasteiger partial charge in [-0.3, -0.25) is 10.0 Å². The van der Waals surface area contributed by atoms with Crippen molar-refractivity contribution in [2.75, 3.05) is 6.54 Å². The van der Waals surface area contributed by atoms with Crippen LogP contribution in [-0.4, -0.2) is 52.8 Å². The van der Waals surface area contributed by atoms with Gasteiger partial charge in [0.2, 0.25) is 0 Å². The number of aliphatic hydroxyl groups excluding tert-OH is 1. The number of aliphatic hydroxyl groups is 1. The molecule has 3 N–H and O–H groups in total. The van der Waals surface area contributed by atoms with Crippen molar-refractivity contribution in [1.82, 2.24) is 10.4 Å². The van der Waals surface area contributed by atoms with Crippen molar-refractivity contribution in [1.29, 1.82) is 0 Å². The van der Waals surface area contributed by atoms with Gasteiger partial charge in [-0.15, -0.1) is 6.82 Å². The average molecular weight is 320 g/mol. The monoisotopic (exact) mass is 320 g/mol. The first-order valence-corrected chi connectivity index (χ1v) is 4.75. The Kier molecular flexibility index (Phi) is 12.3. The predicted octanol–water partition coefficient (Wildman–Crippen LogP) is -1.81. The Hall–Kier alpha value is 0.379. The molecule has 1 saturated heterocycles. The van der Waals surface area contributed by atoms with Crippen LogP contribution in [0.15, 0.2) is 0 Å². The van der Waals surface area contributed by atoms with Crippen molar-refractivity contribution in [3.63, 3.8) is 0 Å². The number of amides is 2. The molecule has 1 heterocycles. The summed E-state index contributed by atoms with van der Waals surface area (Å²) >= 11 is 4.27. The SMILES string of the molecule is C[B][S-].O=[C-]N1CCC(O)C1C(=O)NO.[Y]. The number of hydroxylamine groups is 1. The third-order valence-corrected chi connectivity index (χ3v) is 1.86. The van der Waals surface area contributed by atoms with Crippen LogP contribution in [0.3, 0.4) is 0 Å². The van der Waals surface area contributed by atoms with Crippen molar-refractivity contribution in [2.45, 2.75) is 25.4 Å². The average Bonchev–Trinajstić information content (AvgIpc) is 2.59.